The lowest BCUT2D eigenvalue weighted by atomic mass is 9.89. The van der Waals surface area contributed by atoms with Gasteiger partial charge in [0.05, 0.1) is 6.10 Å². The summed E-state index contributed by atoms with van der Waals surface area (Å²) in [6.07, 6.45) is 2.98. The Hall–Kier alpha value is -1.33. The molecular formula is C14H20ClN3O2. The van der Waals surface area contributed by atoms with Crippen LogP contribution in [0.1, 0.15) is 36.5 Å². The molecule has 0 aromatic carbocycles. The van der Waals surface area contributed by atoms with E-state index < -0.39 is 0 Å². The summed E-state index contributed by atoms with van der Waals surface area (Å²) < 4.78 is 5.19. The van der Waals surface area contributed by atoms with Gasteiger partial charge in [-0.05, 0) is 31.4 Å². The molecule has 0 atom stereocenters. The van der Waals surface area contributed by atoms with E-state index in [1.165, 1.54) is 0 Å². The fourth-order valence-corrected chi connectivity index (χ4v) is 2.32. The third kappa shape index (κ3) is 3.84. The average molecular weight is 298 g/mol. The quantitative estimate of drug-likeness (QED) is 0.792. The van der Waals surface area contributed by atoms with E-state index in [0.29, 0.717) is 16.5 Å². The van der Waals surface area contributed by atoms with Crippen LogP contribution in [0.2, 0.25) is 5.15 Å². The number of aromatic nitrogens is 1. The van der Waals surface area contributed by atoms with Gasteiger partial charge in [-0.15, -0.1) is 0 Å². The van der Waals surface area contributed by atoms with Gasteiger partial charge in [-0.25, -0.2) is 4.98 Å². The van der Waals surface area contributed by atoms with Crippen LogP contribution in [-0.4, -0.2) is 36.7 Å². The van der Waals surface area contributed by atoms with Crippen LogP contribution in [0.3, 0.4) is 0 Å². The van der Waals surface area contributed by atoms with E-state index in [1.54, 1.807) is 19.2 Å². The molecule has 0 spiro atoms. The minimum absolute atomic E-state index is 0.117. The van der Waals surface area contributed by atoms with Crippen molar-refractivity contribution in [3.05, 3.63) is 22.8 Å². The van der Waals surface area contributed by atoms with Crippen molar-refractivity contribution >= 4 is 23.3 Å². The molecular weight excluding hydrogens is 278 g/mol. The first kappa shape index (κ1) is 15.1. The number of nitrogens with zero attached hydrogens (tertiary/aromatic N) is 1. The molecule has 1 fully saturated rings. The Bertz CT molecular complexity index is 475. The molecule has 0 aliphatic heterocycles. The first-order valence-corrected chi connectivity index (χ1v) is 7.25. The summed E-state index contributed by atoms with van der Waals surface area (Å²) >= 11 is 5.95. The molecule has 1 aliphatic rings. The van der Waals surface area contributed by atoms with Crippen LogP contribution >= 0.6 is 11.6 Å². The van der Waals surface area contributed by atoms with E-state index in [4.69, 9.17) is 16.3 Å². The predicted octanol–water partition coefficient (Wildman–Crippen LogP) is 2.46. The van der Waals surface area contributed by atoms with Crippen LogP contribution in [0.4, 0.5) is 5.82 Å². The largest absolute Gasteiger partial charge is 0.381 e. The van der Waals surface area contributed by atoms with E-state index in [2.05, 4.69) is 22.5 Å². The van der Waals surface area contributed by atoms with Gasteiger partial charge in [0.2, 0.25) is 0 Å². The topological polar surface area (TPSA) is 63.2 Å². The summed E-state index contributed by atoms with van der Waals surface area (Å²) in [5.41, 5.74) is 0.532. The molecule has 1 saturated carbocycles. The zero-order chi connectivity index (χ0) is 14.5. The van der Waals surface area contributed by atoms with Gasteiger partial charge in [0.25, 0.3) is 5.91 Å². The number of pyridine rings is 1. The van der Waals surface area contributed by atoms with Gasteiger partial charge in [-0.2, -0.15) is 0 Å². The van der Waals surface area contributed by atoms with E-state index in [-0.39, 0.29) is 18.1 Å². The molecule has 0 unspecified atom stereocenters. The number of halogens is 1. The highest BCUT2D eigenvalue weighted by Crippen LogP contribution is 2.23. The molecule has 1 heterocycles. The Balaban J connectivity index is 1.96. The normalized spacial score (nSPS) is 21.1. The lowest BCUT2D eigenvalue weighted by Crippen LogP contribution is -2.47. The third-order valence-electron chi connectivity index (χ3n) is 3.38. The van der Waals surface area contributed by atoms with Crippen molar-refractivity contribution in [3.63, 3.8) is 0 Å². The minimum Gasteiger partial charge on any atom is -0.381 e. The maximum atomic E-state index is 12.2. The predicted molar refractivity (Wildman–Crippen MR) is 79.3 cm³/mol. The van der Waals surface area contributed by atoms with Gasteiger partial charge in [0, 0.05) is 25.3 Å². The third-order valence-corrected chi connectivity index (χ3v) is 3.57. The number of anilines is 1. The lowest BCUT2D eigenvalue weighted by Gasteiger charge is -2.34. The van der Waals surface area contributed by atoms with E-state index >= 15 is 0 Å². The molecule has 0 saturated heterocycles. The van der Waals surface area contributed by atoms with Gasteiger partial charge in [-0.1, -0.05) is 18.5 Å². The Kier molecular flexibility index (Phi) is 5.20. The second kappa shape index (κ2) is 6.90. The smallest absolute Gasteiger partial charge is 0.251 e. The Morgan fingerprint density at radius 1 is 1.50 bits per heavy atom. The van der Waals surface area contributed by atoms with Crippen molar-refractivity contribution < 1.29 is 9.53 Å². The molecule has 1 amide bonds. The van der Waals surface area contributed by atoms with Crippen LogP contribution in [0.25, 0.3) is 0 Å². The van der Waals surface area contributed by atoms with Crippen molar-refractivity contribution in [2.75, 3.05) is 19.0 Å². The van der Waals surface area contributed by atoms with E-state index in [0.717, 1.165) is 25.8 Å². The molecule has 1 aliphatic carbocycles. The molecule has 6 heteroatoms. The number of hydrogen-bond acceptors (Lipinski definition) is 4. The highest BCUT2D eigenvalue weighted by Gasteiger charge is 2.30. The fraction of sp³-hybridized carbons (Fsp3) is 0.571. The molecule has 1 aromatic heterocycles. The molecule has 1 aromatic rings. The van der Waals surface area contributed by atoms with Crippen LogP contribution in [0, 0.1) is 0 Å². The molecule has 2 N–H and O–H groups in total. The Labute approximate surface area is 124 Å². The SMILES string of the molecule is CCCNc1cc(C(=O)NC2CC(OC)C2)cc(Cl)n1. The van der Waals surface area contributed by atoms with Crippen LogP contribution in [0.15, 0.2) is 12.1 Å². The van der Waals surface area contributed by atoms with Gasteiger partial charge < -0.3 is 15.4 Å². The highest BCUT2D eigenvalue weighted by atomic mass is 35.5. The van der Waals surface area contributed by atoms with Gasteiger partial charge >= 0.3 is 0 Å². The van der Waals surface area contributed by atoms with Gasteiger partial charge in [-0.3, -0.25) is 4.79 Å². The monoisotopic (exact) mass is 297 g/mol. The summed E-state index contributed by atoms with van der Waals surface area (Å²) in [7, 11) is 1.69. The van der Waals surface area contributed by atoms with Crippen LogP contribution < -0.4 is 10.6 Å². The van der Waals surface area contributed by atoms with E-state index in [1.807, 2.05) is 0 Å². The molecule has 5 nitrogen and oxygen atoms in total. The van der Waals surface area contributed by atoms with Gasteiger partial charge in [0.15, 0.2) is 0 Å². The number of nitrogens with one attached hydrogen (secondary N) is 2. The summed E-state index contributed by atoms with van der Waals surface area (Å²) in [6, 6.07) is 3.50. The molecule has 110 valence electrons. The Morgan fingerprint density at radius 2 is 2.25 bits per heavy atom. The zero-order valence-corrected chi connectivity index (χ0v) is 12.5. The molecule has 2 rings (SSSR count). The maximum Gasteiger partial charge on any atom is 0.251 e. The first-order chi connectivity index (χ1) is 9.62. The lowest BCUT2D eigenvalue weighted by molar-refractivity contribution is 0.0176. The number of amides is 1. The van der Waals surface area contributed by atoms with Crippen molar-refractivity contribution in [1.82, 2.24) is 10.3 Å². The highest BCUT2D eigenvalue weighted by molar-refractivity contribution is 6.29. The fourth-order valence-electron chi connectivity index (χ4n) is 2.12. The first-order valence-electron chi connectivity index (χ1n) is 6.87. The second-order valence-corrected chi connectivity index (χ2v) is 5.38. The number of rotatable bonds is 6. The molecule has 20 heavy (non-hydrogen) atoms. The summed E-state index contributed by atoms with van der Waals surface area (Å²) in [5.74, 6) is 0.515. The van der Waals surface area contributed by atoms with Crippen molar-refractivity contribution in [2.24, 2.45) is 0 Å². The number of carbonyl (C=O) groups excluding carboxylic acids is 1. The maximum absolute atomic E-state index is 12.2. The van der Waals surface area contributed by atoms with Crippen molar-refractivity contribution in [1.29, 1.82) is 0 Å². The van der Waals surface area contributed by atoms with Crippen LogP contribution in [0.5, 0.6) is 0 Å². The summed E-state index contributed by atoms with van der Waals surface area (Å²) in [4.78, 5) is 16.3. The standard InChI is InChI=1S/C14H20ClN3O2/c1-3-4-16-13-6-9(5-12(15)18-13)14(19)17-10-7-11(8-10)20-2/h5-6,10-11H,3-4,7-8H2,1-2H3,(H,16,18)(H,17,19). The summed E-state index contributed by atoms with van der Waals surface area (Å²) in [6.45, 7) is 2.86. The van der Waals surface area contributed by atoms with E-state index in [9.17, 15) is 4.79 Å². The zero-order valence-electron chi connectivity index (χ0n) is 11.8. The van der Waals surface area contributed by atoms with Crippen molar-refractivity contribution in [3.8, 4) is 0 Å². The average Bonchev–Trinajstić information content (AvgIpc) is 2.39. The minimum atomic E-state index is -0.117. The molecule has 0 bridgehead atoms. The second-order valence-electron chi connectivity index (χ2n) is 4.99. The van der Waals surface area contributed by atoms with Crippen molar-refractivity contribution in [2.45, 2.75) is 38.3 Å². The molecule has 0 radical (unpaired) electrons. The number of methoxy groups -OCH3 is 1. The number of hydrogen-bond donors (Lipinski definition) is 2. The van der Waals surface area contributed by atoms with Gasteiger partial charge in [0.1, 0.15) is 11.0 Å². The summed E-state index contributed by atoms with van der Waals surface area (Å²) in [5, 5.41) is 6.43. The van der Waals surface area contributed by atoms with Crippen LogP contribution in [-0.2, 0) is 4.74 Å². The Morgan fingerprint density at radius 3 is 2.90 bits per heavy atom. The number of carbonyl (C=O) groups is 1. The number of ether oxygens (including phenoxy) is 1.